The van der Waals surface area contributed by atoms with Gasteiger partial charge in [0.25, 0.3) is 0 Å². The molecule has 0 aliphatic rings. The Hall–Kier alpha value is 0.110. The van der Waals surface area contributed by atoms with Crippen molar-refractivity contribution in [2.75, 3.05) is 12.8 Å². The molecule has 1 N–H and O–H groups in total. The lowest BCUT2D eigenvalue weighted by Crippen LogP contribution is -2.34. The summed E-state index contributed by atoms with van der Waals surface area (Å²) in [6, 6.07) is 0.563. The van der Waals surface area contributed by atoms with Crippen LogP contribution in [-0.4, -0.2) is 28.3 Å². The van der Waals surface area contributed by atoms with E-state index < -0.39 is 10.8 Å². The standard InChI is InChI=1S/C13H29NOS/c1-5-6-7-8-9-10-12(2)14-11-13(3)16(4)15/h12-14H,5-11H2,1-4H3. The van der Waals surface area contributed by atoms with Gasteiger partial charge in [-0.25, -0.2) is 0 Å². The van der Waals surface area contributed by atoms with Crippen LogP contribution in [0.2, 0.25) is 0 Å². The number of hydrogen-bond acceptors (Lipinski definition) is 2. The third-order valence-corrected chi connectivity index (χ3v) is 4.36. The van der Waals surface area contributed by atoms with Crippen molar-refractivity contribution in [2.24, 2.45) is 0 Å². The molecule has 0 aromatic heterocycles. The van der Waals surface area contributed by atoms with E-state index in [1.54, 1.807) is 6.26 Å². The van der Waals surface area contributed by atoms with Gasteiger partial charge in [-0.15, -0.1) is 0 Å². The number of nitrogens with one attached hydrogen (secondary N) is 1. The Balaban J connectivity index is 3.37. The molecule has 3 atom stereocenters. The van der Waals surface area contributed by atoms with Gasteiger partial charge in [0.15, 0.2) is 0 Å². The fourth-order valence-corrected chi connectivity index (χ4v) is 1.97. The molecule has 98 valence electrons. The van der Waals surface area contributed by atoms with Gasteiger partial charge < -0.3 is 5.32 Å². The maximum Gasteiger partial charge on any atom is 0.0441 e. The van der Waals surface area contributed by atoms with E-state index in [-0.39, 0.29) is 5.25 Å². The lowest BCUT2D eigenvalue weighted by molar-refractivity contribution is 0.481. The summed E-state index contributed by atoms with van der Waals surface area (Å²) in [6.45, 7) is 7.39. The Morgan fingerprint density at radius 3 is 2.31 bits per heavy atom. The third-order valence-electron chi connectivity index (χ3n) is 3.06. The van der Waals surface area contributed by atoms with E-state index in [0.29, 0.717) is 6.04 Å². The summed E-state index contributed by atoms with van der Waals surface area (Å²) < 4.78 is 11.2. The van der Waals surface area contributed by atoms with Gasteiger partial charge >= 0.3 is 0 Å². The fraction of sp³-hybridized carbons (Fsp3) is 1.00. The summed E-state index contributed by atoms with van der Waals surface area (Å²) >= 11 is 0. The molecular formula is C13H29NOS. The summed E-state index contributed by atoms with van der Waals surface area (Å²) in [4.78, 5) is 0. The fourth-order valence-electron chi connectivity index (χ4n) is 1.64. The van der Waals surface area contributed by atoms with Crippen LogP contribution in [0.5, 0.6) is 0 Å². The van der Waals surface area contributed by atoms with E-state index >= 15 is 0 Å². The Kier molecular flexibility index (Phi) is 10.3. The molecule has 0 bridgehead atoms. The van der Waals surface area contributed by atoms with Gasteiger partial charge in [0, 0.05) is 34.9 Å². The van der Waals surface area contributed by atoms with Crippen LogP contribution in [0.25, 0.3) is 0 Å². The van der Waals surface area contributed by atoms with Gasteiger partial charge in [0.2, 0.25) is 0 Å². The van der Waals surface area contributed by atoms with Crippen LogP contribution >= 0.6 is 0 Å². The predicted octanol–water partition coefficient (Wildman–Crippen LogP) is 3.09. The minimum absolute atomic E-state index is 0.266. The summed E-state index contributed by atoms with van der Waals surface area (Å²) in [6.07, 6.45) is 9.75. The Morgan fingerprint density at radius 2 is 1.75 bits per heavy atom. The van der Waals surface area contributed by atoms with E-state index in [0.717, 1.165) is 6.54 Å². The molecular weight excluding hydrogens is 218 g/mol. The van der Waals surface area contributed by atoms with Crippen LogP contribution in [0.4, 0.5) is 0 Å². The number of unbranched alkanes of at least 4 members (excludes halogenated alkanes) is 4. The molecule has 3 heteroatoms. The molecule has 0 amide bonds. The average Bonchev–Trinajstić information content (AvgIpc) is 2.25. The van der Waals surface area contributed by atoms with E-state index in [9.17, 15) is 4.21 Å². The van der Waals surface area contributed by atoms with Crippen molar-refractivity contribution in [2.45, 2.75) is 70.6 Å². The quantitative estimate of drug-likeness (QED) is 0.601. The van der Waals surface area contributed by atoms with Crippen molar-refractivity contribution < 1.29 is 4.21 Å². The third kappa shape index (κ3) is 9.34. The molecule has 0 aliphatic heterocycles. The van der Waals surface area contributed by atoms with Gasteiger partial charge in [-0.1, -0.05) is 39.0 Å². The van der Waals surface area contributed by atoms with Gasteiger partial charge in [0.05, 0.1) is 0 Å². The SMILES string of the molecule is CCCCCCCC(C)NCC(C)S(C)=O. The molecule has 2 nitrogen and oxygen atoms in total. The van der Waals surface area contributed by atoms with Gasteiger partial charge in [-0.3, -0.25) is 4.21 Å². The van der Waals surface area contributed by atoms with Crippen molar-refractivity contribution in [1.29, 1.82) is 0 Å². The summed E-state index contributed by atoms with van der Waals surface area (Å²) in [5.74, 6) is 0. The van der Waals surface area contributed by atoms with Gasteiger partial charge in [0.1, 0.15) is 0 Å². The van der Waals surface area contributed by atoms with E-state index in [1.807, 2.05) is 6.92 Å². The Morgan fingerprint density at radius 1 is 1.12 bits per heavy atom. The molecule has 0 fully saturated rings. The van der Waals surface area contributed by atoms with Crippen LogP contribution in [0.1, 0.15) is 59.3 Å². The Bertz CT molecular complexity index is 185. The van der Waals surface area contributed by atoms with Crippen molar-refractivity contribution in [3.8, 4) is 0 Å². The predicted molar refractivity (Wildman–Crippen MR) is 74.4 cm³/mol. The highest BCUT2D eigenvalue weighted by Gasteiger charge is 2.07. The smallest absolute Gasteiger partial charge is 0.0441 e. The van der Waals surface area contributed by atoms with Crippen LogP contribution < -0.4 is 5.32 Å². The first-order chi connectivity index (χ1) is 7.57. The molecule has 0 aliphatic carbocycles. The first kappa shape index (κ1) is 16.1. The average molecular weight is 247 g/mol. The lowest BCUT2D eigenvalue weighted by atomic mass is 10.1. The van der Waals surface area contributed by atoms with Gasteiger partial charge in [-0.05, 0) is 20.3 Å². The van der Waals surface area contributed by atoms with Crippen LogP contribution in [0, 0.1) is 0 Å². The minimum Gasteiger partial charge on any atom is -0.313 e. The molecule has 0 aromatic carbocycles. The largest absolute Gasteiger partial charge is 0.313 e. The summed E-state index contributed by atoms with van der Waals surface area (Å²) in [5.41, 5.74) is 0. The zero-order chi connectivity index (χ0) is 12.4. The maximum atomic E-state index is 11.2. The molecule has 0 saturated carbocycles. The molecule has 0 saturated heterocycles. The first-order valence-corrected chi connectivity index (χ1v) is 8.25. The van der Waals surface area contributed by atoms with Crippen LogP contribution in [-0.2, 0) is 10.8 Å². The van der Waals surface area contributed by atoms with Crippen molar-refractivity contribution in [3.05, 3.63) is 0 Å². The lowest BCUT2D eigenvalue weighted by Gasteiger charge is -2.16. The van der Waals surface area contributed by atoms with Crippen LogP contribution in [0.15, 0.2) is 0 Å². The zero-order valence-corrected chi connectivity index (χ0v) is 12.2. The molecule has 0 spiro atoms. The molecule has 0 aromatic rings. The van der Waals surface area contributed by atoms with E-state index in [2.05, 4.69) is 19.2 Å². The summed E-state index contributed by atoms with van der Waals surface area (Å²) in [5, 5.41) is 3.73. The molecule has 0 radical (unpaired) electrons. The molecule has 0 rings (SSSR count). The molecule has 16 heavy (non-hydrogen) atoms. The second-order valence-corrected chi connectivity index (χ2v) is 6.62. The van der Waals surface area contributed by atoms with E-state index in [1.165, 1.54) is 38.5 Å². The second-order valence-electron chi connectivity index (χ2n) is 4.82. The second kappa shape index (κ2) is 10.3. The first-order valence-electron chi connectivity index (χ1n) is 6.63. The highest BCUT2D eigenvalue weighted by atomic mass is 32.2. The summed E-state index contributed by atoms with van der Waals surface area (Å²) in [7, 11) is -0.699. The Labute approximate surface area is 104 Å². The highest BCUT2D eigenvalue weighted by Crippen LogP contribution is 2.07. The van der Waals surface area contributed by atoms with Crippen LogP contribution in [0.3, 0.4) is 0 Å². The van der Waals surface area contributed by atoms with E-state index in [4.69, 9.17) is 0 Å². The normalized spacial score (nSPS) is 17.0. The van der Waals surface area contributed by atoms with Crippen molar-refractivity contribution >= 4 is 10.8 Å². The number of rotatable bonds is 10. The van der Waals surface area contributed by atoms with Crippen molar-refractivity contribution in [3.63, 3.8) is 0 Å². The zero-order valence-electron chi connectivity index (χ0n) is 11.4. The molecule has 0 heterocycles. The monoisotopic (exact) mass is 247 g/mol. The minimum atomic E-state index is -0.699. The molecule has 3 unspecified atom stereocenters. The van der Waals surface area contributed by atoms with Gasteiger partial charge in [-0.2, -0.15) is 0 Å². The topological polar surface area (TPSA) is 29.1 Å². The van der Waals surface area contributed by atoms with Crippen molar-refractivity contribution in [1.82, 2.24) is 5.32 Å². The maximum absolute atomic E-state index is 11.2. The highest BCUT2D eigenvalue weighted by molar-refractivity contribution is 7.84. The number of hydrogen-bond donors (Lipinski definition) is 1.